The quantitative estimate of drug-likeness (QED) is 0.731. The van der Waals surface area contributed by atoms with Gasteiger partial charge in [0.2, 0.25) is 0 Å². The Morgan fingerprint density at radius 2 is 1.84 bits per heavy atom. The van der Waals surface area contributed by atoms with Crippen molar-refractivity contribution in [2.24, 2.45) is 0 Å². The van der Waals surface area contributed by atoms with E-state index in [9.17, 15) is 9.59 Å². The summed E-state index contributed by atoms with van der Waals surface area (Å²) < 4.78 is 10.7. The van der Waals surface area contributed by atoms with Crippen molar-refractivity contribution in [3.05, 3.63) is 57.8 Å². The van der Waals surface area contributed by atoms with Crippen LogP contribution in [0.3, 0.4) is 0 Å². The number of carbonyl (C=O) groups excluding carboxylic acids is 2. The van der Waals surface area contributed by atoms with E-state index in [4.69, 9.17) is 9.47 Å². The second-order valence-corrected chi connectivity index (χ2v) is 6.93. The number of amides is 1. The number of benzene rings is 1. The standard InChI is InChI=1S/C19H23NO4S/c1-13(2)23-12-15-6-8-16(9-7-15)19(22)24-14(3)18(21)20-11-17-5-4-10-25-17/h4-10,13-14H,11-12H2,1-3H3,(H,20,21)/t14-/m0/s1. The molecule has 1 amide bonds. The average Bonchev–Trinajstić information content (AvgIpc) is 3.11. The molecule has 0 saturated heterocycles. The van der Waals surface area contributed by atoms with Crippen LogP contribution in [0.4, 0.5) is 0 Å². The summed E-state index contributed by atoms with van der Waals surface area (Å²) in [5, 5.41) is 4.70. The van der Waals surface area contributed by atoms with Gasteiger partial charge in [0.15, 0.2) is 6.10 Å². The van der Waals surface area contributed by atoms with Crippen LogP contribution < -0.4 is 5.32 Å². The van der Waals surface area contributed by atoms with E-state index in [1.807, 2.05) is 43.5 Å². The predicted octanol–water partition coefficient (Wildman–Crippen LogP) is 3.53. The number of ether oxygens (including phenoxy) is 2. The lowest BCUT2D eigenvalue weighted by atomic mass is 10.1. The van der Waals surface area contributed by atoms with Crippen LogP contribution in [0.15, 0.2) is 41.8 Å². The molecule has 0 aliphatic rings. The van der Waals surface area contributed by atoms with E-state index in [-0.39, 0.29) is 12.0 Å². The molecular formula is C19H23NO4S. The first-order valence-electron chi connectivity index (χ1n) is 8.17. The van der Waals surface area contributed by atoms with Crippen LogP contribution in [0.5, 0.6) is 0 Å². The molecule has 0 spiro atoms. The Labute approximate surface area is 152 Å². The van der Waals surface area contributed by atoms with E-state index in [0.717, 1.165) is 10.4 Å². The third-order valence-corrected chi connectivity index (χ3v) is 4.32. The minimum atomic E-state index is -0.851. The van der Waals surface area contributed by atoms with Gasteiger partial charge in [-0.25, -0.2) is 4.79 Å². The molecule has 0 aliphatic heterocycles. The van der Waals surface area contributed by atoms with Crippen LogP contribution in [0.1, 0.15) is 41.6 Å². The van der Waals surface area contributed by atoms with E-state index in [0.29, 0.717) is 18.7 Å². The molecule has 1 atom stereocenters. The van der Waals surface area contributed by atoms with Crippen LogP contribution in [-0.4, -0.2) is 24.1 Å². The van der Waals surface area contributed by atoms with Crippen molar-refractivity contribution in [2.75, 3.05) is 0 Å². The Balaban J connectivity index is 1.82. The van der Waals surface area contributed by atoms with Crippen molar-refractivity contribution in [1.29, 1.82) is 0 Å². The lowest BCUT2D eigenvalue weighted by Crippen LogP contribution is -2.35. The zero-order valence-corrected chi connectivity index (χ0v) is 15.5. The Bertz CT molecular complexity index is 680. The molecule has 2 rings (SSSR count). The van der Waals surface area contributed by atoms with E-state index in [2.05, 4.69) is 5.32 Å². The second kappa shape index (κ2) is 9.34. The summed E-state index contributed by atoms with van der Waals surface area (Å²) in [6, 6.07) is 10.9. The van der Waals surface area contributed by atoms with Gasteiger partial charge in [-0.3, -0.25) is 4.79 Å². The van der Waals surface area contributed by atoms with Crippen LogP contribution in [0, 0.1) is 0 Å². The number of thiophene rings is 1. The fourth-order valence-corrected chi connectivity index (χ4v) is 2.66. The molecule has 2 aromatic rings. The molecular weight excluding hydrogens is 338 g/mol. The topological polar surface area (TPSA) is 64.6 Å². The monoisotopic (exact) mass is 361 g/mol. The maximum atomic E-state index is 12.1. The maximum Gasteiger partial charge on any atom is 0.338 e. The molecule has 25 heavy (non-hydrogen) atoms. The number of esters is 1. The normalized spacial score (nSPS) is 12.0. The first-order valence-corrected chi connectivity index (χ1v) is 9.05. The molecule has 0 fully saturated rings. The summed E-state index contributed by atoms with van der Waals surface area (Å²) >= 11 is 1.56. The van der Waals surface area contributed by atoms with Crippen molar-refractivity contribution in [2.45, 2.75) is 46.1 Å². The minimum absolute atomic E-state index is 0.151. The molecule has 6 heteroatoms. The van der Waals surface area contributed by atoms with Crippen molar-refractivity contribution >= 4 is 23.2 Å². The highest BCUT2D eigenvalue weighted by atomic mass is 32.1. The summed E-state index contributed by atoms with van der Waals surface area (Å²) in [5.41, 5.74) is 1.39. The third kappa shape index (κ3) is 6.32. The van der Waals surface area contributed by atoms with Gasteiger partial charge in [-0.1, -0.05) is 18.2 Å². The molecule has 0 radical (unpaired) electrons. The van der Waals surface area contributed by atoms with Crippen molar-refractivity contribution in [3.63, 3.8) is 0 Å². The highest BCUT2D eigenvalue weighted by Crippen LogP contribution is 2.10. The first-order chi connectivity index (χ1) is 12.0. The number of nitrogens with one attached hydrogen (secondary N) is 1. The lowest BCUT2D eigenvalue weighted by Gasteiger charge is -2.13. The molecule has 134 valence electrons. The van der Waals surface area contributed by atoms with Crippen LogP contribution >= 0.6 is 11.3 Å². The number of hydrogen-bond acceptors (Lipinski definition) is 5. The fourth-order valence-electron chi connectivity index (χ4n) is 2.01. The van der Waals surface area contributed by atoms with E-state index in [1.54, 1.807) is 30.4 Å². The summed E-state index contributed by atoms with van der Waals surface area (Å²) in [7, 11) is 0. The number of rotatable bonds is 8. The molecule has 1 heterocycles. The highest BCUT2D eigenvalue weighted by molar-refractivity contribution is 7.09. The van der Waals surface area contributed by atoms with Crippen LogP contribution in [0.25, 0.3) is 0 Å². The van der Waals surface area contributed by atoms with Gasteiger partial charge in [-0.05, 0) is 49.9 Å². The molecule has 5 nitrogen and oxygen atoms in total. The second-order valence-electron chi connectivity index (χ2n) is 5.90. The van der Waals surface area contributed by atoms with Crippen molar-refractivity contribution in [3.8, 4) is 0 Å². The molecule has 0 unspecified atom stereocenters. The molecule has 1 aromatic heterocycles. The Kier molecular flexibility index (Phi) is 7.16. The zero-order chi connectivity index (χ0) is 18.2. The van der Waals surface area contributed by atoms with Crippen LogP contribution in [-0.2, 0) is 27.4 Å². The largest absolute Gasteiger partial charge is 0.449 e. The SMILES string of the molecule is CC(C)OCc1ccc(C(=O)O[C@@H](C)C(=O)NCc2cccs2)cc1. The smallest absolute Gasteiger partial charge is 0.338 e. The average molecular weight is 361 g/mol. The van der Waals surface area contributed by atoms with Crippen molar-refractivity contribution in [1.82, 2.24) is 5.32 Å². The van der Waals surface area contributed by atoms with E-state index < -0.39 is 12.1 Å². The number of carbonyl (C=O) groups is 2. The van der Waals surface area contributed by atoms with Gasteiger partial charge in [0.05, 0.1) is 24.8 Å². The number of hydrogen-bond donors (Lipinski definition) is 1. The van der Waals surface area contributed by atoms with Gasteiger partial charge >= 0.3 is 5.97 Å². The van der Waals surface area contributed by atoms with Gasteiger partial charge < -0.3 is 14.8 Å². The maximum absolute atomic E-state index is 12.1. The Morgan fingerprint density at radius 1 is 1.12 bits per heavy atom. The molecule has 1 N–H and O–H groups in total. The van der Waals surface area contributed by atoms with Gasteiger partial charge in [-0.2, -0.15) is 0 Å². The lowest BCUT2D eigenvalue weighted by molar-refractivity contribution is -0.129. The molecule has 0 bridgehead atoms. The fraction of sp³-hybridized carbons (Fsp3) is 0.368. The summed E-state index contributed by atoms with van der Waals surface area (Å²) in [4.78, 5) is 25.2. The van der Waals surface area contributed by atoms with Gasteiger partial charge in [0.1, 0.15) is 0 Å². The van der Waals surface area contributed by atoms with E-state index in [1.165, 1.54) is 0 Å². The highest BCUT2D eigenvalue weighted by Gasteiger charge is 2.18. The van der Waals surface area contributed by atoms with Crippen molar-refractivity contribution < 1.29 is 19.1 Å². The van der Waals surface area contributed by atoms with E-state index >= 15 is 0 Å². The summed E-state index contributed by atoms with van der Waals surface area (Å²) in [6.45, 7) is 6.43. The molecule has 1 aromatic carbocycles. The third-order valence-electron chi connectivity index (χ3n) is 3.44. The first kappa shape index (κ1) is 19.1. The molecule has 0 saturated carbocycles. The summed E-state index contributed by atoms with van der Waals surface area (Å²) in [5.74, 6) is -0.834. The molecule has 0 aliphatic carbocycles. The zero-order valence-electron chi connectivity index (χ0n) is 14.7. The Morgan fingerprint density at radius 3 is 2.44 bits per heavy atom. The summed E-state index contributed by atoms with van der Waals surface area (Å²) in [6.07, 6.45) is -0.699. The minimum Gasteiger partial charge on any atom is -0.449 e. The predicted molar refractivity (Wildman–Crippen MR) is 97.4 cm³/mol. The van der Waals surface area contributed by atoms with Crippen LogP contribution in [0.2, 0.25) is 0 Å². The van der Waals surface area contributed by atoms with Gasteiger partial charge in [0, 0.05) is 4.88 Å². The van der Waals surface area contributed by atoms with Gasteiger partial charge in [0.25, 0.3) is 5.91 Å². The van der Waals surface area contributed by atoms with Gasteiger partial charge in [-0.15, -0.1) is 11.3 Å². The Hall–Kier alpha value is -2.18.